The van der Waals surface area contributed by atoms with Crippen molar-refractivity contribution in [3.8, 4) is 5.75 Å². The molecule has 0 aromatic heterocycles. The van der Waals surface area contributed by atoms with Crippen molar-refractivity contribution in [1.82, 2.24) is 15.1 Å². The molecule has 0 radical (unpaired) electrons. The number of amides is 1. The van der Waals surface area contributed by atoms with Gasteiger partial charge < -0.3 is 15.0 Å². The second kappa shape index (κ2) is 7.72. The van der Waals surface area contributed by atoms with E-state index in [-0.39, 0.29) is 24.2 Å². The molecular formula is C18H26ClN3O2. The number of halogens is 1. The van der Waals surface area contributed by atoms with Gasteiger partial charge in [-0.25, -0.2) is 0 Å². The molecule has 1 aromatic carbocycles. The molecular weight excluding hydrogens is 326 g/mol. The first-order valence-electron chi connectivity index (χ1n) is 8.78. The maximum absolute atomic E-state index is 13.0. The van der Waals surface area contributed by atoms with E-state index in [0.29, 0.717) is 12.6 Å². The summed E-state index contributed by atoms with van der Waals surface area (Å²) in [5, 5.41) is 3.43. The van der Waals surface area contributed by atoms with Crippen LogP contribution in [0.3, 0.4) is 0 Å². The second-order valence-corrected chi connectivity index (χ2v) is 6.74. The molecule has 5 nitrogen and oxygen atoms in total. The molecule has 2 unspecified atom stereocenters. The number of carbonyl (C=O) groups excluding carboxylic acids is 1. The first kappa shape index (κ1) is 17.5. The Bertz CT molecular complexity index is 569. The Morgan fingerprint density at radius 2 is 1.92 bits per heavy atom. The minimum Gasteiger partial charge on any atom is -0.493 e. The third-order valence-electron chi connectivity index (χ3n) is 5.43. The predicted octanol–water partition coefficient (Wildman–Crippen LogP) is 1.48. The van der Waals surface area contributed by atoms with Crippen LogP contribution < -0.4 is 10.1 Å². The van der Waals surface area contributed by atoms with Crippen molar-refractivity contribution in [2.75, 3.05) is 45.9 Å². The van der Waals surface area contributed by atoms with Crippen molar-refractivity contribution >= 4 is 18.3 Å². The van der Waals surface area contributed by atoms with E-state index in [4.69, 9.17) is 4.74 Å². The molecule has 2 saturated heterocycles. The van der Waals surface area contributed by atoms with Crippen molar-refractivity contribution in [3.63, 3.8) is 0 Å². The van der Waals surface area contributed by atoms with E-state index in [0.717, 1.165) is 57.0 Å². The number of hydrogen-bond donors (Lipinski definition) is 1. The summed E-state index contributed by atoms with van der Waals surface area (Å²) in [6.07, 6.45) is 2.03. The fourth-order valence-corrected chi connectivity index (χ4v) is 4.08. The first-order chi connectivity index (χ1) is 11.3. The summed E-state index contributed by atoms with van der Waals surface area (Å²) in [4.78, 5) is 17.6. The lowest BCUT2D eigenvalue weighted by molar-refractivity contribution is -0.135. The molecule has 2 atom stereocenters. The zero-order valence-electron chi connectivity index (χ0n) is 13.9. The minimum atomic E-state index is -0.0281. The molecule has 6 heteroatoms. The summed E-state index contributed by atoms with van der Waals surface area (Å²) >= 11 is 0. The predicted molar refractivity (Wildman–Crippen MR) is 96.0 cm³/mol. The van der Waals surface area contributed by atoms with Crippen molar-refractivity contribution in [1.29, 1.82) is 0 Å². The van der Waals surface area contributed by atoms with Gasteiger partial charge in [0.1, 0.15) is 5.75 Å². The number of para-hydroxylation sites is 1. The third kappa shape index (κ3) is 3.39. The maximum Gasteiger partial charge on any atom is 0.230 e. The topological polar surface area (TPSA) is 44.8 Å². The first-order valence-corrected chi connectivity index (χ1v) is 8.78. The molecule has 0 aliphatic carbocycles. The fourth-order valence-electron chi connectivity index (χ4n) is 4.08. The summed E-state index contributed by atoms with van der Waals surface area (Å²) in [5.41, 5.74) is 1.06. The van der Waals surface area contributed by atoms with E-state index in [1.165, 1.54) is 6.42 Å². The van der Waals surface area contributed by atoms with Gasteiger partial charge in [-0.15, -0.1) is 12.4 Å². The highest BCUT2D eigenvalue weighted by Crippen LogP contribution is 2.34. The molecule has 3 aliphatic heterocycles. The smallest absolute Gasteiger partial charge is 0.230 e. The summed E-state index contributed by atoms with van der Waals surface area (Å²) in [6.45, 7) is 6.58. The third-order valence-corrected chi connectivity index (χ3v) is 5.43. The highest BCUT2D eigenvalue weighted by Gasteiger charge is 2.33. The van der Waals surface area contributed by atoms with Gasteiger partial charge in [0.25, 0.3) is 0 Å². The second-order valence-electron chi connectivity index (χ2n) is 6.74. The highest BCUT2D eigenvalue weighted by atomic mass is 35.5. The number of fused-ring (bicyclic) bond motifs is 1. The Morgan fingerprint density at radius 3 is 2.67 bits per heavy atom. The number of hydrogen-bond acceptors (Lipinski definition) is 4. The van der Waals surface area contributed by atoms with Crippen LogP contribution in [0.1, 0.15) is 24.3 Å². The summed E-state index contributed by atoms with van der Waals surface area (Å²) in [6, 6.07) is 8.65. The molecule has 132 valence electrons. The monoisotopic (exact) mass is 351 g/mol. The van der Waals surface area contributed by atoms with Crippen LogP contribution in [-0.2, 0) is 4.79 Å². The molecule has 1 amide bonds. The molecule has 0 spiro atoms. The van der Waals surface area contributed by atoms with Gasteiger partial charge >= 0.3 is 0 Å². The SMILES string of the molecule is Cl.O=C(C1CCOc2ccccc21)N1CCN(C2CCNC2)CC1. The number of piperazine rings is 1. The van der Waals surface area contributed by atoms with Gasteiger partial charge in [0.15, 0.2) is 0 Å². The number of rotatable bonds is 2. The van der Waals surface area contributed by atoms with Crippen LogP contribution in [0.25, 0.3) is 0 Å². The maximum atomic E-state index is 13.0. The molecule has 3 heterocycles. The van der Waals surface area contributed by atoms with Crippen molar-refractivity contribution < 1.29 is 9.53 Å². The van der Waals surface area contributed by atoms with Gasteiger partial charge in [-0.3, -0.25) is 9.69 Å². The van der Waals surface area contributed by atoms with Crippen LogP contribution in [-0.4, -0.2) is 67.6 Å². The molecule has 4 rings (SSSR count). The number of nitrogens with one attached hydrogen (secondary N) is 1. The van der Waals surface area contributed by atoms with E-state index in [1.807, 2.05) is 24.3 Å². The normalized spacial score (nSPS) is 27.1. The van der Waals surface area contributed by atoms with Crippen LogP contribution in [0, 0.1) is 0 Å². The Morgan fingerprint density at radius 1 is 1.12 bits per heavy atom. The number of nitrogens with zero attached hydrogens (tertiary/aromatic N) is 2. The summed E-state index contributed by atoms with van der Waals surface area (Å²) < 4.78 is 5.69. The molecule has 1 N–H and O–H groups in total. The average molecular weight is 352 g/mol. The number of carbonyl (C=O) groups is 1. The molecule has 24 heavy (non-hydrogen) atoms. The van der Waals surface area contributed by atoms with Gasteiger partial charge in [-0.1, -0.05) is 18.2 Å². The van der Waals surface area contributed by atoms with Gasteiger partial charge in [-0.2, -0.15) is 0 Å². The quantitative estimate of drug-likeness (QED) is 0.876. The minimum absolute atomic E-state index is 0. The largest absolute Gasteiger partial charge is 0.493 e. The lowest BCUT2D eigenvalue weighted by atomic mass is 9.91. The van der Waals surface area contributed by atoms with Crippen LogP contribution in [0.4, 0.5) is 0 Å². The number of benzene rings is 1. The molecule has 1 aromatic rings. The van der Waals surface area contributed by atoms with E-state index < -0.39 is 0 Å². The van der Waals surface area contributed by atoms with Gasteiger partial charge in [0, 0.05) is 44.3 Å². The zero-order chi connectivity index (χ0) is 15.6. The van der Waals surface area contributed by atoms with Gasteiger partial charge in [0.2, 0.25) is 5.91 Å². The lowest BCUT2D eigenvalue weighted by Crippen LogP contribution is -2.53. The molecule has 0 bridgehead atoms. The zero-order valence-corrected chi connectivity index (χ0v) is 14.8. The lowest BCUT2D eigenvalue weighted by Gasteiger charge is -2.39. The van der Waals surface area contributed by atoms with Crippen LogP contribution >= 0.6 is 12.4 Å². The Balaban J connectivity index is 0.00000169. The van der Waals surface area contributed by atoms with Crippen LogP contribution in [0.5, 0.6) is 5.75 Å². The van der Waals surface area contributed by atoms with Crippen LogP contribution in [0.15, 0.2) is 24.3 Å². The van der Waals surface area contributed by atoms with Crippen molar-refractivity contribution in [2.24, 2.45) is 0 Å². The highest BCUT2D eigenvalue weighted by molar-refractivity contribution is 5.85. The average Bonchev–Trinajstić information content (AvgIpc) is 3.15. The van der Waals surface area contributed by atoms with E-state index in [2.05, 4.69) is 15.1 Å². The Kier molecular flexibility index (Phi) is 5.64. The van der Waals surface area contributed by atoms with Crippen molar-refractivity contribution in [3.05, 3.63) is 29.8 Å². The molecule has 0 saturated carbocycles. The summed E-state index contributed by atoms with van der Waals surface area (Å²) in [7, 11) is 0. The van der Waals surface area contributed by atoms with Gasteiger partial charge in [-0.05, 0) is 25.5 Å². The number of ether oxygens (including phenoxy) is 1. The van der Waals surface area contributed by atoms with E-state index >= 15 is 0 Å². The Labute approximate surface area is 149 Å². The van der Waals surface area contributed by atoms with E-state index in [9.17, 15) is 4.79 Å². The fraction of sp³-hybridized carbons (Fsp3) is 0.611. The standard InChI is InChI=1S/C18H25N3O2.ClH/c22-18(16-6-12-23-17-4-2-1-3-15(16)17)21-10-8-20(9-11-21)14-5-7-19-13-14;/h1-4,14,16,19H,5-13H2;1H. The Hall–Kier alpha value is -1.30. The van der Waals surface area contributed by atoms with Gasteiger partial charge in [0.05, 0.1) is 12.5 Å². The molecule has 2 fully saturated rings. The van der Waals surface area contributed by atoms with Crippen molar-refractivity contribution in [2.45, 2.75) is 24.8 Å². The van der Waals surface area contributed by atoms with E-state index in [1.54, 1.807) is 0 Å². The van der Waals surface area contributed by atoms with Crippen LogP contribution in [0.2, 0.25) is 0 Å². The molecule has 3 aliphatic rings. The summed E-state index contributed by atoms with van der Waals surface area (Å²) in [5.74, 6) is 1.14.